The van der Waals surface area contributed by atoms with Crippen LogP contribution in [-0.4, -0.2) is 58.4 Å². The molecule has 0 aliphatic rings. The second kappa shape index (κ2) is 10.1. The fourth-order valence-corrected chi connectivity index (χ4v) is 3.26. The molecule has 0 fully saturated rings. The number of hydrogen-bond acceptors (Lipinski definition) is 8. The second-order valence-corrected chi connectivity index (χ2v) is 7.91. The number of aromatic nitrogens is 4. The molecule has 0 spiro atoms. The van der Waals surface area contributed by atoms with E-state index in [0.717, 1.165) is 33.6 Å². The number of aliphatic carboxylic acids is 1. The first-order valence-electron chi connectivity index (χ1n) is 10.4. The normalized spacial score (nSPS) is 11.1. The van der Waals surface area contributed by atoms with Gasteiger partial charge in [0, 0.05) is 25.2 Å². The van der Waals surface area contributed by atoms with E-state index >= 15 is 0 Å². The van der Waals surface area contributed by atoms with Crippen molar-refractivity contribution in [2.75, 3.05) is 31.4 Å². The Balaban J connectivity index is 0.000000454. The highest BCUT2D eigenvalue weighted by Gasteiger charge is 2.38. The molecule has 0 saturated heterocycles. The third kappa shape index (κ3) is 5.79. The van der Waals surface area contributed by atoms with Gasteiger partial charge in [-0.05, 0) is 49.7 Å². The number of nitrogens with zero attached hydrogens (tertiary/aromatic N) is 4. The molecule has 0 aliphatic carbocycles. The van der Waals surface area contributed by atoms with Crippen molar-refractivity contribution < 1.29 is 27.8 Å². The van der Waals surface area contributed by atoms with Crippen molar-refractivity contribution >= 4 is 45.4 Å². The van der Waals surface area contributed by atoms with E-state index < -0.39 is 12.1 Å². The lowest BCUT2D eigenvalue weighted by Gasteiger charge is -2.15. The highest BCUT2D eigenvalue weighted by atomic mass is 19.4. The Morgan fingerprint density at radius 3 is 2.33 bits per heavy atom. The van der Waals surface area contributed by atoms with Crippen molar-refractivity contribution in [2.45, 2.75) is 20.0 Å². The minimum atomic E-state index is -5.08. The maximum Gasteiger partial charge on any atom is 0.490 e. The molecule has 0 aliphatic heterocycles. The zero-order chi connectivity index (χ0) is 26.8. The molecule has 10 nitrogen and oxygen atoms in total. The van der Waals surface area contributed by atoms with Crippen molar-refractivity contribution in [2.24, 2.45) is 0 Å². The zero-order valence-electron chi connectivity index (χ0n) is 20.0. The fraction of sp³-hybridized carbons (Fsp3) is 0.261. The number of carbonyl (C=O) groups is 1. The number of nitrogens with one attached hydrogen (secondary N) is 2. The number of carboxylic acids is 1. The average Bonchev–Trinajstić information content (AvgIpc) is 2.79. The summed E-state index contributed by atoms with van der Waals surface area (Å²) in [6.45, 7) is 3.84. The van der Waals surface area contributed by atoms with Gasteiger partial charge in [0.25, 0.3) is 5.56 Å². The van der Waals surface area contributed by atoms with Crippen LogP contribution in [0.15, 0.2) is 35.1 Å². The lowest BCUT2D eigenvalue weighted by atomic mass is 10.1. The smallest absolute Gasteiger partial charge is 0.490 e. The molecule has 3 N–H and O–H groups in total. The zero-order valence-corrected chi connectivity index (χ0v) is 20.0. The standard InChI is InChI=1S/C21H22N6O2.C2HF3O2/c1-11-8-13(27(3)4)9-16-18(11)24-21(25-19(16)28)26-20-22-12(2)15-10-14(29-5)6-7-17(15)23-20;3-2(4,5)1(6)7/h6-10H,1-5H3,(H2,22,23,24,25,26,28);(H,6,7). The summed E-state index contributed by atoms with van der Waals surface area (Å²) in [4.78, 5) is 39.9. The van der Waals surface area contributed by atoms with E-state index in [0.29, 0.717) is 22.8 Å². The first-order chi connectivity index (χ1) is 16.8. The van der Waals surface area contributed by atoms with Gasteiger partial charge >= 0.3 is 12.1 Å². The molecule has 0 bridgehead atoms. The van der Waals surface area contributed by atoms with Gasteiger partial charge in [-0.15, -0.1) is 0 Å². The van der Waals surface area contributed by atoms with Crippen LogP contribution in [0.3, 0.4) is 0 Å². The molecular formula is C23H23F3N6O4. The minimum Gasteiger partial charge on any atom is -0.497 e. The number of alkyl halides is 3. The summed E-state index contributed by atoms with van der Waals surface area (Å²) >= 11 is 0. The van der Waals surface area contributed by atoms with Gasteiger partial charge in [0.05, 0.1) is 29.2 Å². The number of carboxylic acid groups (broad SMARTS) is 1. The number of hydrogen-bond donors (Lipinski definition) is 3. The Labute approximate surface area is 202 Å². The third-order valence-corrected chi connectivity index (χ3v) is 5.07. The second-order valence-electron chi connectivity index (χ2n) is 7.91. The van der Waals surface area contributed by atoms with Crippen LogP contribution in [0.2, 0.25) is 0 Å². The number of ether oxygens (including phenoxy) is 1. The van der Waals surface area contributed by atoms with Gasteiger partial charge in [0.15, 0.2) is 0 Å². The molecule has 2 heterocycles. The predicted molar refractivity (Wildman–Crippen MR) is 129 cm³/mol. The molecule has 36 heavy (non-hydrogen) atoms. The van der Waals surface area contributed by atoms with Gasteiger partial charge in [-0.1, -0.05) is 0 Å². The molecule has 190 valence electrons. The Morgan fingerprint density at radius 2 is 1.75 bits per heavy atom. The molecular weight excluding hydrogens is 481 g/mol. The maximum atomic E-state index is 12.7. The first-order valence-corrected chi connectivity index (χ1v) is 10.4. The average molecular weight is 504 g/mol. The fourth-order valence-electron chi connectivity index (χ4n) is 3.26. The van der Waals surface area contributed by atoms with Crippen molar-refractivity contribution in [1.82, 2.24) is 19.9 Å². The van der Waals surface area contributed by atoms with Crippen LogP contribution in [-0.2, 0) is 4.79 Å². The van der Waals surface area contributed by atoms with Crippen molar-refractivity contribution in [3.63, 3.8) is 0 Å². The first kappa shape index (κ1) is 26.2. The monoisotopic (exact) mass is 504 g/mol. The number of anilines is 3. The summed E-state index contributed by atoms with van der Waals surface area (Å²) in [7, 11) is 5.50. The predicted octanol–water partition coefficient (Wildman–Crippen LogP) is 3.93. The van der Waals surface area contributed by atoms with Gasteiger partial charge in [-0.2, -0.15) is 13.2 Å². The summed E-state index contributed by atoms with van der Waals surface area (Å²) in [5.74, 6) is -1.34. The van der Waals surface area contributed by atoms with E-state index in [2.05, 4.69) is 25.3 Å². The SMILES string of the molecule is COc1ccc2nc(Nc3nc4c(C)cc(N(C)C)cc4c(=O)[nH]3)nc(C)c2c1.O=C(O)C(F)(F)F. The van der Waals surface area contributed by atoms with Gasteiger partial charge < -0.3 is 14.7 Å². The summed E-state index contributed by atoms with van der Waals surface area (Å²) in [5, 5.41) is 11.6. The molecule has 13 heteroatoms. The van der Waals surface area contributed by atoms with E-state index in [1.807, 2.05) is 63.2 Å². The number of rotatable bonds is 4. The molecule has 4 aromatic rings. The van der Waals surface area contributed by atoms with Crippen LogP contribution in [0.1, 0.15) is 11.3 Å². The van der Waals surface area contributed by atoms with E-state index in [9.17, 15) is 18.0 Å². The molecule has 0 saturated carbocycles. The lowest BCUT2D eigenvalue weighted by molar-refractivity contribution is -0.192. The van der Waals surface area contributed by atoms with Crippen LogP contribution in [0.5, 0.6) is 5.75 Å². The summed E-state index contributed by atoms with van der Waals surface area (Å²) in [6.07, 6.45) is -5.08. The summed E-state index contributed by atoms with van der Waals surface area (Å²) in [6, 6.07) is 9.46. The number of fused-ring (bicyclic) bond motifs is 2. The molecule has 0 atom stereocenters. The Morgan fingerprint density at radius 1 is 1.08 bits per heavy atom. The van der Waals surface area contributed by atoms with Gasteiger partial charge in [-0.25, -0.2) is 19.7 Å². The molecule has 4 rings (SSSR count). The molecule has 0 amide bonds. The van der Waals surface area contributed by atoms with Crippen molar-refractivity contribution in [3.8, 4) is 5.75 Å². The van der Waals surface area contributed by atoms with Gasteiger partial charge in [0.1, 0.15) is 5.75 Å². The Hall–Kier alpha value is -4.42. The van der Waals surface area contributed by atoms with Crippen LogP contribution in [0, 0.1) is 13.8 Å². The van der Waals surface area contributed by atoms with E-state index in [-0.39, 0.29) is 5.56 Å². The van der Waals surface area contributed by atoms with Gasteiger partial charge in [-0.3, -0.25) is 15.1 Å². The Bertz CT molecular complexity index is 1500. The highest BCUT2D eigenvalue weighted by Crippen LogP contribution is 2.25. The lowest BCUT2D eigenvalue weighted by Crippen LogP contribution is -2.21. The molecule has 0 radical (unpaired) electrons. The van der Waals surface area contributed by atoms with E-state index in [1.165, 1.54) is 0 Å². The number of H-pyrrole nitrogens is 1. The van der Waals surface area contributed by atoms with Crippen LogP contribution < -0.4 is 20.5 Å². The van der Waals surface area contributed by atoms with Crippen LogP contribution >= 0.6 is 0 Å². The number of halogens is 3. The van der Waals surface area contributed by atoms with Crippen LogP contribution in [0.25, 0.3) is 21.8 Å². The van der Waals surface area contributed by atoms with Crippen LogP contribution in [0.4, 0.5) is 30.8 Å². The van der Waals surface area contributed by atoms with Gasteiger partial charge in [0.2, 0.25) is 11.9 Å². The largest absolute Gasteiger partial charge is 0.497 e. The third-order valence-electron chi connectivity index (χ3n) is 5.07. The highest BCUT2D eigenvalue weighted by molar-refractivity contribution is 5.86. The maximum absolute atomic E-state index is 12.7. The topological polar surface area (TPSA) is 133 Å². The summed E-state index contributed by atoms with van der Waals surface area (Å²) in [5.41, 5.74) is 3.87. The van der Waals surface area contributed by atoms with E-state index in [1.54, 1.807) is 7.11 Å². The molecule has 2 aromatic carbocycles. The summed E-state index contributed by atoms with van der Waals surface area (Å²) < 4.78 is 37.0. The quantitative estimate of drug-likeness (QED) is 0.378. The Kier molecular flexibility index (Phi) is 7.32. The number of aryl methyl sites for hydroxylation is 2. The van der Waals surface area contributed by atoms with E-state index in [4.69, 9.17) is 14.6 Å². The molecule has 2 aromatic heterocycles. The molecule has 0 unspecified atom stereocenters. The number of benzene rings is 2. The minimum absolute atomic E-state index is 0.216. The number of aromatic amines is 1. The van der Waals surface area contributed by atoms with Crippen molar-refractivity contribution in [1.29, 1.82) is 0 Å². The number of methoxy groups -OCH3 is 1. The van der Waals surface area contributed by atoms with Crippen molar-refractivity contribution in [3.05, 3.63) is 51.9 Å².